The zero-order chi connectivity index (χ0) is 13.6. The van der Waals surface area contributed by atoms with Gasteiger partial charge in [-0.15, -0.1) is 0 Å². The van der Waals surface area contributed by atoms with Crippen LogP contribution in [0.4, 0.5) is 5.69 Å². The predicted octanol–water partition coefficient (Wildman–Crippen LogP) is 3.25. The molecular weight excluding hydrogens is 234 g/mol. The molecule has 1 aromatic heterocycles. The number of rotatable bonds is 2. The smallest absolute Gasteiger partial charge is 0.105 e. The van der Waals surface area contributed by atoms with Crippen LogP contribution in [0.25, 0.3) is 0 Å². The van der Waals surface area contributed by atoms with Crippen LogP contribution in [-0.2, 0) is 12.0 Å². The van der Waals surface area contributed by atoms with Crippen LogP contribution in [0.3, 0.4) is 0 Å². The number of hydrogen-bond donors (Lipinski definition) is 1. The van der Waals surface area contributed by atoms with Crippen molar-refractivity contribution in [2.75, 3.05) is 11.9 Å². The second-order valence-corrected chi connectivity index (χ2v) is 6.16. The van der Waals surface area contributed by atoms with Gasteiger partial charge in [-0.05, 0) is 36.6 Å². The van der Waals surface area contributed by atoms with Gasteiger partial charge in [0.15, 0.2) is 0 Å². The highest BCUT2D eigenvalue weighted by atomic mass is 15.0. The molecular formula is C16H21N3. The van der Waals surface area contributed by atoms with E-state index < -0.39 is 0 Å². The molecule has 2 aromatic rings. The third-order valence-electron chi connectivity index (χ3n) is 4.19. The summed E-state index contributed by atoms with van der Waals surface area (Å²) in [7, 11) is 0. The molecule has 0 aliphatic carbocycles. The van der Waals surface area contributed by atoms with Gasteiger partial charge in [-0.25, -0.2) is 4.98 Å². The lowest BCUT2D eigenvalue weighted by Crippen LogP contribution is -2.19. The number of anilines is 1. The number of aromatic nitrogens is 2. The summed E-state index contributed by atoms with van der Waals surface area (Å²) in [5.41, 5.74) is 5.69. The fourth-order valence-corrected chi connectivity index (χ4v) is 2.80. The summed E-state index contributed by atoms with van der Waals surface area (Å²) in [6.07, 6.45) is 3.91. The van der Waals surface area contributed by atoms with Crippen LogP contribution in [0.1, 0.15) is 36.4 Å². The minimum absolute atomic E-state index is 0.224. The Labute approximate surface area is 114 Å². The Morgan fingerprint density at radius 1 is 1.32 bits per heavy atom. The number of aryl methyl sites for hydroxylation is 2. The van der Waals surface area contributed by atoms with Crippen molar-refractivity contribution in [2.24, 2.45) is 0 Å². The number of benzene rings is 1. The van der Waals surface area contributed by atoms with Crippen LogP contribution in [0.15, 0.2) is 24.5 Å². The van der Waals surface area contributed by atoms with Crippen molar-refractivity contribution in [2.45, 2.75) is 39.7 Å². The van der Waals surface area contributed by atoms with Gasteiger partial charge in [0.25, 0.3) is 0 Å². The molecule has 3 heteroatoms. The second kappa shape index (κ2) is 4.12. The average Bonchev–Trinajstić information content (AvgIpc) is 2.86. The van der Waals surface area contributed by atoms with E-state index in [9.17, 15) is 0 Å². The van der Waals surface area contributed by atoms with Crippen LogP contribution in [0.5, 0.6) is 0 Å². The first kappa shape index (κ1) is 12.3. The molecule has 1 aliphatic rings. The van der Waals surface area contributed by atoms with E-state index >= 15 is 0 Å². The summed E-state index contributed by atoms with van der Waals surface area (Å²) in [5.74, 6) is 1.07. The van der Waals surface area contributed by atoms with Crippen molar-refractivity contribution >= 4 is 5.69 Å². The van der Waals surface area contributed by atoms with Crippen molar-refractivity contribution in [3.8, 4) is 0 Å². The van der Waals surface area contributed by atoms with Crippen molar-refractivity contribution in [3.05, 3.63) is 47.0 Å². The monoisotopic (exact) mass is 255 g/mol. The van der Waals surface area contributed by atoms with E-state index in [0.29, 0.717) is 0 Å². The van der Waals surface area contributed by atoms with Gasteiger partial charge in [0, 0.05) is 36.6 Å². The molecule has 1 aliphatic heterocycles. The van der Waals surface area contributed by atoms with Crippen LogP contribution < -0.4 is 5.32 Å². The highest BCUT2D eigenvalue weighted by Crippen LogP contribution is 2.38. The largest absolute Gasteiger partial charge is 0.384 e. The van der Waals surface area contributed by atoms with Gasteiger partial charge in [0.2, 0.25) is 0 Å². The van der Waals surface area contributed by atoms with Crippen LogP contribution in [-0.4, -0.2) is 16.1 Å². The van der Waals surface area contributed by atoms with Gasteiger partial charge in [-0.3, -0.25) is 0 Å². The molecule has 3 rings (SSSR count). The van der Waals surface area contributed by atoms with E-state index in [2.05, 4.69) is 47.8 Å². The normalized spacial score (nSPS) is 16.2. The van der Waals surface area contributed by atoms with E-state index in [1.165, 1.54) is 22.4 Å². The highest BCUT2D eigenvalue weighted by Gasteiger charge is 2.30. The molecule has 0 atom stereocenters. The van der Waals surface area contributed by atoms with Crippen molar-refractivity contribution in [1.29, 1.82) is 0 Å². The number of nitrogens with zero attached hydrogens (tertiary/aromatic N) is 2. The van der Waals surface area contributed by atoms with Gasteiger partial charge in [0.05, 0.1) is 0 Å². The molecule has 0 saturated carbocycles. The Kier molecular flexibility index (Phi) is 2.66. The third kappa shape index (κ3) is 2.03. The lowest BCUT2D eigenvalue weighted by atomic mass is 9.85. The number of hydrogen-bond acceptors (Lipinski definition) is 2. The maximum absolute atomic E-state index is 4.29. The summed E-state index contributed by atoms with van der Waals surface area (Å²) in [6.45, 7) is 10.8. The lowest BCUT2D eigenvalue weighted by molar-refractivity contribution is 0.585. The zero-order valence-electron chi connectivity index (χ0n) is 12.1. The Balaban J connectivity index is 2.01. The maximum Gasteiger partial charge on any atom is 0.105 e. The van der Waals surface area contributed by atoms with E-state index in [4.69, 9.17) is 0 Å². The molecule has 3 nitrogen and oxygen atoms in total. The van der Waals surface area contributed by atoms with Gasteiger partial charge < -0.3 is 9.88 Å². The van der Waals surface area contributed by atoms with Gasteiger partial charge in [-0.1, -0.05) is 19.9 Å². The fraction of sp³-hybridized carbons (Fsp3) is 0.438. The first-order valence-corrected chi connectivity index (χ1v) is 6.83. The Bertz CT molecular complexity index is 623. The molecule has 0 bridgehead atoms. The second-order valence-electron chi connectivity index (χ2n) is 6.16. The topological polar surface area (TPSA) is 29.9 Å². The summed E-state index contributed by atoms with van der Waals surface area (Å²) in [6, 6.07) is 4.65. The van der Waals surface area contributed by atoms with Crippen molar-refractivity contribution in [1.82, 2.24) is 9.55 Å². The maximum atomic E-state index is 4.29. The number of fused-ring (bicyclic) bond motifs is 1. The van der Waals surface area contributed by atoms with E-state index in [1.807, 2.05) is 19.3 Å². The SMILES string of the molecule is Cc1cc2c(cc1Cn1ccnc1C)C(C)(C)CN2. The van der Waals surface area contributed by atoms with E-state index in [1.54, 1.807) is 0 Å². The predicted molar refractivity (Wildman–Crippen MR) is 78.8 cm³/mol. The fourth-order valence-electron chi connectivity index (χ4n) is 2.80. The van der Waals surface area contributed by atoms with Gasteiger partial charge in [0.1, 0.15) is 5.82 Å². The molecule has 19 heavy (non-hydrogen) atoms. The first-order chi connectivity index (χ1) is 8.97. The molecule has 0 amide bonds. The van der Waals surface area contributed by atoms with Crippen LogP contribution in [0, 0.1) is 13.8 Å². The molecule has 1 aromatic carbocycles. The van der Waals surface area contributed by atoms with Crippen molar-refractivity contribution < 1.29 is 0 Å². The summed E-state index contributed by atoms with van der Waals surface area (Å²) < 4.78 is 2.20. The Hall–Kier alpha value is -1.77. The van der Waals surface area contributed by atoms with Crippen LogP contribution in [0.2, 0.25) is 0 Å². The van der Waals surface area contributed by atoms with E-state index in [0.717, 1.165) is 18.9 Å². The molecule has 0 radical (unpaired) electrons. The number of imidazole rings is 1. The van der Waals surface area contributed by atoms with Gasteiger partial charge >= 0.3 is 0 Å². The summed E-state index contributed by atoms with van der Waals surface area (Å²) >= 11 is 0. The number of nitrogens with one attached hydrogen (secondary N) is 1. The van der Waals surface area contributed by atoms with Crippen LogP contribution >= 0.6 is 0 Å². The highest BCUT2D eigenvalue weighted by molar-refractivity contribution is 5.62. The Morgan fingerprint density at radius 3 is 2.79 bits per heavy atom. The standard InChI is InChI=1S/C16H21N3/c1-11-7-15-14(16(3,4)10-18-15)8-13(11)9-19-6-5-17-12(19)2/h5-8,18H,9-10H2,1-4H3. The molecule has 0 fully saturated rings. The quantitative estimate of drug-likeness (QED) is 0.892. The Morgan fingerprint density at radius 2 is 2.11 bits per heavy atom. The van der Waals surface area contributed by atoms with Crippen molar-refractivity contribution in [3.63, 3.8) is 0 Å². The third-order valence-corrected chi connectivity index (χ3v) is 4.19. The molecule has 1 N–H and O–H groups in total. The molecule has 0 unspecified atom stereocenters. The molecule has 0 saturated heterocycles. The first-order valence-electron chi connectivity index (χ1n) is 6.83. The zero-order valence-corrected chi connectivity index (χ0v) is 12.1. The average molecular weight is 255 g/mol. The van der Waals surface area contributed by atoms with E-state index in [-0.39, 0.29) is 5.41 Å². The minimum atomic E-state index is 0.224. The summed E-state index contributed by atoms with van der Waals surface area (Å²) in [4.78, 5) is 4.29. The lowest BCUT2D eigenvalue weighted by Gasteiger charge is -2.19. The molecule has 100 valence electrons. The molecule has 0 spiro atoms. The summed E-state index contributed by atoms with van der Waals surface area (Å²) in [5, 5.41) is 3.51. The van der Waals surface area contributed by atoms with Gasteiger partial charge in [-0.2, -0.15) is 0 Å². The molecule has 2 heterocycles. The minimum Gasteiger partial charge on any atom is -0.384 e.